The van der Waals surface area contributed by atoms with Crippen LogP contribution < -0.4 is 4.72 Å². The number of carbonyl (C=O) groups is 1. The van der Waals surface area contributed by atoms with E-state index in [1.807, 2.05) is 17.8 Å². The molecule has 1 aromatic carbocycles. The highest BCUT2D eigenvalue weighted by Gasteiger charge is 2.54. The minimum absolute atomic E-state index is 0.0230. The van der Waals surface area contributed by atoms with Gasteiger partial charge in [0, 0.05) is 23.0 Å². The second-order valence-corrected chi connectivity index (χ2v) is 9.71. The lowest BCUT2D eigenvalue weighted by molar-refractivity contribution is -0.137. The highest BCUT2D eigenvalue weighted by molar-refractivity contribution is 8.07. The zero-order valence-electron chi connectivity index (χ0n) is 13.9. The maximum Gasteiger partial charge on any atom is 0.303 e. The lowest BCUT2D eigenvalue weighted by Gasteiger charge is -2.22. The summed E-state index contributed by atoms with van der Waals surface area (Å²) in [4.78, 5) is 10.8. The molecule has 1 saturated heterocycles. The molecule has 1 aliphatic heterocycles. The SMILES string of the molecule is O=C(O)CCC/C=C\C[C@H]1[C@@H]2S[C@@H]2C[C@@H]1NS(=O)(=O)c1ccccc1. The van der Waals surface area contributed by atoms with Gasteiger partial charge in [0.15, 0.2) is 0 Å². The molecule has 0 unspecified atom stereocenters. The van der Waals surface area contributed by atoms with Crippen molar-refractivity contribution in [3.05, 3.63) is 42.5 Å². The van der Waals surface area contributed by atoms with Gasteiger partial charge in [0.25, 0.3) is 0 Å². The third kappa shape index (κ3) is 4.86. The number of hydrogen-bond acceptors (Lipinski definition) is 4. The Morgan fingerprint density at radius 2 is 2.04 bits per heavy atom. The summed E-state index contributed by atoms with van der Waals surface area (Å²) in [6.45, 7) is 0. The van der Waals surface area contributed by atoms with E-state index in [9.17, 15) is 13.2 Å². The molecule has 3 rings (SSSR count). The van der Waals surface area contributed by atoms with Crippen molar-refractivity contribution in [2.45, 2.75) is 53.5 Å². The van der Waals surface area contributed by atoms with Crippen molar-refractivity contribution >= 4 is 27.8 Å². The highest BCUT2D eigenvalue weighted by atomic mass is 32.2. The number of carboxylic acid groups (broad SMARTS) is 1. The van der Waals surface area contributed by atoms with E-state index in [2.05, 4.69) is 10.8 Å². The van der Waals surface area contributed by atoms with E-state index in [1.54, 1.807) is 30.3 Å². The van der Waals surface area contributed by atoms with Gasteiger partial charge in [-0.2, -0.15) is 11.8 Å². The lowest BCUT2D eigenvalue weighted by atomic mass is 9.99. The zero-order valence-corrected chi connectivity index (χ0v) is 15.5. The van der Waals surface area contributed by atoms with E-state index >= 15 is 0 Å². The molecule has 7 heteroatoms. The molecule has 5 nitrogen and oxygen atoms in total. The van der Waals surface area contributed by atoms with E-state index < -0.39 is 16.0 Å². The summed E-state index contributed by atoms with van der Waals surface area (Å²) in [6, 6.07) is 8.47. The Bertz CT molecular complexity index is 733. The van der Waals surface area contributed by atoms with Gasteiger partial charge in [0.05, 0.1) is 4.90 Å². The number of aliphatic carboxylic acids is 1. The number of rotatable bonds is 9. The van der Waals surface area contributed by atoms with Crippen LogP contribution in [0.5, 0.6) is 0 Å². The predicted octanol–water partition coefficient (Wildman–Crippen LogP) is 3.04. The normalized spacial score (nSPS) is 28.2. The Morgan fingerprint density at radius 3 is 2.76 bits per heavy atom. The monoisotopic (exact) mass is 381 g/mol. The van der Waals surface area contributed by atoms with Gasteiger partial charge < -0.3 is 5.11 Å². The van der Waals surface area contributed by atoms with Crippen molar-refractivity contribution in [1.29, 1.82) is 0 Å². The molecule has 1 heterocycles. The molecule has 0 amide bonds. The topological polar surface area (TPSA) is 83.5 Å². The molecule has 0 bridgehead atoms. The van der Waals surface area contributed by atoms with Crippen molar-refractivity contribution in [3.63, 3.8) is 0 Å². The van der Waals surface area contributed by atoms with Crippen LogP contribution in [0, 0.1) is 5.92 Å². The van der Waals surface area contributed by atoms with E-state index in [-0.39, 0.29) is 12.5 Å². The fourth-order valence-electron chi connectivity index (χ4n) is 3.42. The molecule has 2 fully saturated rings. The second kappa shape index (κ2) is 7.93. The summed E-state index contributed by atoms with van der Waals surface area (Å²) in [5.41, 5.74) is 0. The third-order valence-corrected chi connectivity index (χ3v) is 7.76. The number of allylic oxidation sites excluding steroid dienone is 2. The maximum absolute atomic E-state index is 12.5. The standard InChI is InChI=1S/C18H23NO4S2/c20-17(21)11-7-2-1-6-10-14-15(12-16-18(14)24-16)19-25(22,23)13-8-4-3-5-9-13/h1,3-6,8-9,14-16,18-19H,2,7,10-12H2,(H,20,21)/b6-1-/t14-,15+,16-,18+/m1/s1. The largest absolute Gasteiger partial charge is 0.481 e. The second-order valence-electron chi connectivity index (χ2n) is 6.57. The van der Waals surface area contributed by atoms with Gasteiger partial charge in [-0.3, -0.25) is 4.79 Å². The van der Waals surface area contributed by atoms with E-state index in [1.165, 1.54) is 0 Å². The molecule has 1 aromatic rings. The van der Waals surface area contributed by atoms with Crippen LogP contribution in [0.15, 0.2) is 47.4 Å². The maximum atomic E-state index is 12.5. The summed E-state index contributed by atoms with van der Waals surface area (Å²) in [5.74, 6) is -0.457. The zero-order chi connectivity index (χ0) is 17.9. The van der Waals surface area contributed by atoms with Crippen LogP contribution in [0.1, 0.15) is 32.1 Å². The van der Waals surface area contributed by atoms with Gasteiger partial charge in [-0.15, -0.1) is 0 Å². The van der Waals surface area contributed by atoms with Gasteiger partial charge in [-0.1, -0.05) is 30.4 Å². The number of fused-ring (bicyclic) bond motifs is 1. The van der Waals surface area contributed by atoms with E-state index in [4.69, 9.17) is 5.11 Å². The summed E-state index contributed by atoms with van der Waals surface area (Å²) < 4.78 is 28.0. The first-order valence-electron chi connectivity index (χ1n) is 8.57. The van der Waals surface area contributed by atoms with Crippen LogP contribution in [0.3, 0.4) is 0 Å². The minimum Gasteiger partial charge on any atom is -0.481 e. The molecule has 0 aromatic heterocycles. The number of hydrogen-bond donors (Lipinski definition) is 2. The molecule has 2 aliphatic rings. The summed E-state index contributed by atoms with van der Waals surface area (Å²) >= 11 is 1.94. The molecule has 136 valence electrons. The van der Waals surface area contributed by atoms with Crippen LogP contribution in [-0.4, -0.2) is 36.0 Å². The molecule has 1 aliphatic carbocycles. The quantitative estimate of drug-likeness (QED) is 0.390. The van der Waals surface area contributed by atoms with Gasteiger partial charge in [-0.25, -0.2) is 13.1 Å². The number of benzene rings is 1. The van der Waals surface area contributed by atoms with Crippen molar-refractivity contribution in [3.8, 4) is 0 Å². The molecule has 25 heavy (non-hydrogen) atoms. The number of sulfonamides is 1. The fraction of sp³-hybridized carbons (Fsp3) is 0.500. The Balaban J connectivity index is 1.55. The fourth-order valence-corrected chi connectivity index (χ4v) is 6.19. The van der Waals surface area contributed by atoms with Gasteiger partial charge in [0.2, 0.25) is 10.0 Å². The van der Waals surface area contributed by atoms with Crippen LogP contribution >= 0.6 is 11.8 Å². The average molecular weight is 382 g/mol. The summed E-state index contributed by atoms with van der Waals surface area (Å²) in [6.07, 6.45) is 7.40. The Kier molecular flexibility index (Phi) is 5.86. The molecule has 1 saturated carbocycles. The lowest BCUT2D eigenvalue weighted by Crippen LogP contribution is -2.39. The van der Waals surface area contributed by atoms with Gasteiger partial charge in [-0.05, 0) is 43.7 Å². The van der Waals surface area contributed by atoms with Gasteiger partial charge in [0.1, 0.15) is 0 Å². The molecular weight excluding hydrogens is 358 g/mol. The van der Waals surface area contributed by atoms with E-state index in [0.29, 0.717) is 27.7 Å². The Morgan fingerprint density at radius 1 is 1.28 bits per heavy atom. The smallest absolute Gasteiger partial charge is 0.303 e. The van der Waals surface area contributed by atoms with Crippen LogP contribution in [-0.2, 0) is 14.8 Å². The summed E-state index contributed by atoms with van der Waals surface area (Å²) in [7, 11) is -3.48. The first-order chi connectivity index (χ1) is 12.0. The first kappa shape index (κ1) is 18.5. The van der Waals surface area contributed by atoms with Crippen LogP contribution in [0.2, 0.25) is 0 Å². The third-order valence-electron chi connectivity index (χ3n) is 4.74. The Labute approximate surface area is 152 Å². The number of thioether (sulfide) groups is 1. The number of nitrogens with one attached hydrogen (secondary N) is 1. The van der Waals surface area contributed by atoms with Crippen molar-refractivity contribution in [1.82, 2.24) is 4.72 Å². The van der Waals surface area contributed by atoms with Crippen molar-refractivity contribution in [2.75, 3.05) is 0 Å². The highest BCUT2D eigenvalue weighted by Crippen LogP contribution is 2.57. The van der Waals surface area contributed by atoms with Crippen LogP contribution in [0.4, 0.5) is 0 Å². The molecule has 0 radical (unpaired) electrons. The first-order valence-corrected chi connectivity index (χ1v) is 11.0. The average Bonchev–Trinajstić information content (AvgIpc) is 3.25. The molecular formula is C18H23NO4S2. The van der Waals surface area contributed by atoms with Crippen molar-refractivity contribution in [2.24, 2.45) is 5.92 Å². The molecule has 4 atom stereocenters. The summed E-state index contributed by atoms with van der Waals surface area (Å²) in [5, 5.41) is 9.75. The predicted molar refractivity (Wildman–Crippen MR) is 99.1 cm³/mol. The number of unbranched alkanes of at least 4 members (excludes halogenated alkanes) is 1. The molecule has 2 N–H and O–H groups in total. The minimum atomic E-state index is -3.48. The van der Waals surface area contributed by atoms with Crippen molar-refractivity contribution < 1.29 is 18.3 Å². The van der Waals surface area contributed by atoms with Gasteiger partial charge >= 0.3 is 5.97 Å². The molecule has 0 spiro atoms. The van der Waals surface area contributed by atoms with Crippen LogP contribution in [0.25, 0.3) is 0 Å². The Hall–Kier alpha value is -1.31. The number of carboxylic acids is 1. The van der Waals surface area contributed by atoms with E-state index in [0.717, 1.165) is 19.3 Å².